The topological polar surface area (TPSA) is 26.3 Å². The third-order valence-electron chi connectivity index (χ3n) is 1.84. The van der Waals surface area contributed by atoms with E-state index in [1.807, 2.05) is 24.3 Å². The van der Waals surface area contributed by atoms with Gasteiger partial charge in [-0.05, 0) is 25.0 Å². The minimum Gasteiger partial charge on any atom is -0.463 e. The van der Waals surface area contributed by atoms with E-state index in [0.717, 1.165) is 16.5 Å². The smallest absolute Gasteiger partial charge is 0.330 e. The first kappa shape index (κ1) is 12.0. The van der Waals surface area contributed by atoms with Crippen molar-refractivity contribution in [3.63, 3.8) is 0 Å². The molecular formula is C12H13BrO2. The van der Waals surface area contributed by atoms with Crippen molar-refractivity contribution in [3.05, 3.63) is 46.5 Å². The number of halogens is 1. The largest absolute Gasteiger partial charge is 0.463 e. The third-order valence-corrected chi connectivity index (χ3v) is 2.61. The van der Waals surface area contributed by atoms with Crippen molar-refractivity contribution in [2.75, 3.05) is 6.61 Å². The van der Waals surface area contributed by atoms with E-state index in [1.165, 1.54) is 6.08 Å². The van der Waals surface area contributed by atoms with E-state index in [4.69, 9.17) is 4.74 Å². The molecule has 0 aliphatic rings. The van der Waals surface area contributed by atoms with Crippen molar-refractivity contribution in [2.45, 2.75) is 13.3 Å². The van der Waals surface area contributed by atoms with Gasteiger partial charge in [-0.25, -0.2) is 4.79 Å². The molecular weight excluding hydrogens is 256 g/mol. The van der Waals surface area contributed by atoms with Crippen molar-refractivity contribution >= 4 is 21.9 Å². The summed E-state index contributed by atoms with van der Waals surface area (Å²) in [7, 11) is 0. The van der Waals surface area contributed by atoms with Crippen LogP contribution in [0.25, 0.3) is 0 Å². The van der Waals surface area contributed by atoms with Crippen LogP contribution in [0.15, 0.2) is 40.9 Å². The molecule has 0 atom stereocenters. The monoisotopic (exact) mass is 268 g/mol. The number of esters is 1. The number of benzene rings is 1. The lowest BCUT2D eigenvalue weighted by Crippen LogP contribution is -1.99. The SMILES string of the molecule is CCOC(=O)/C=C/Cc1ccccc1Br. The number of hydrogen-bond donors (Lipinski definition) is 0. The second kappa shape index (κ2) is 6.40. The molecule has 0 saturated carbocycles. The zero-order chi connectivity index (χ0) is 11.1. The first-order chi connectivity index (χ1) is 7.24. The molecule has 80 valence electrons. The van der Waals surface area contributed by atoms with Gasteiger partial charge in [0.2, 0.25) is 0 Å². The summed E-state index contributed by atoms with van der Waals surface area (Å²) in [6.07, 6.45) is 3.99. The highest BCUT2D eigenvalue weighted by Crippen LogP contribution is 2.16. The molecule has 0 bridgehead atoms. The normalized spacial score (nSPS) is 10.5. The van der Waals surface area contributed by atoms with Crippen LogP contribution >= 0.6 is 15.9 Å². The summed E-state index contributed by atoms with van der Waals surface area (Å²) in [5.74, 6) is -0.287. The molecule has 0 unspecified atom stereocenters. The predicted octanol–water partition coefficient (Wildman–Crippen LogP) is 3.11. The lowest BCUT2D eigenvalue weighted by Gasteiger charge is -1.99. The van der Waals surface area contributed by atoms with Gasteiger partial charge < -0.3 is 4.74 Å². The molecule has 0 N–H and O–H groups in total. The zero-order valence-electron chi connectivity index (χ0n) is 8.57. The van der Waals surface area contributed by atoms with E-state index >= 15 is 0 Å². The minimum atomic E-state index is -0.287. The van der Waals surface area contributed by atoms with Crippen molar-refractivity contribution in [1.29, 1.82) is 0 Å². The molecule has 0 aliphatic heterocycles. The second-order valence-electron chi connectivity index (χ2n) is 2.95. The summed E-state index contributed by atoms with van der Waals surface area (Å²) in [6.45, 7) is 2.21. The summed E-state index contributed by atoms with van der Waals surface area (Å²) in [5, 5.41) is 0. The van der Waals surface area contributed by atoms with Crippen LogP contribution < -0.4 is 0 Å². The van der Waals surface area contributed by atoms with Crippen molar-refractivity contribution < 1.29 is 9.53 Å². The maximum absolute atomic E-state index is 11.0. The fraction of sp³-hybridized carbons (Fsp3) is 0.250. The molecule has 0 aromatic heterocycles. The average Bonchev–Trinajstić information content (AvgIpc) is 2.21. The summed E-state index contributed by atoms with van der Waals surface area (Å²) >= 11 is 3.44. The maximum atomic E-state index is 11.0. The minimum absolute atomic E-state index is 0.287. The van der Waals surface area contributed by atoms with Gasteiger partial charge in [0.1, 0.15) is 0 Å². The Morgan fingerprint density at radius 2 is 2.20 bits per heavy atom. The fourth-order valence-corrected chi connectivity index (χ4v) is 1.58. The van der Waals surface area contributed by atoms with Gasteiger partial charge in [-0.3, -0.25) is 0 Å². The van der Waals surface area contributed by atoms with E-state index in [1.54, 1.807) is 13.0 Å². The van der Waals surface area contributed by atoms with Gasteiger partial charge in [0.15, 0.2) is 0 Å². The van der Waals surface area contributed by atoms with E-state index in [0.29, 0.717) is 6.61 Å². The number of carbonyl (C=O) groups excluding carboxylic acids is 1. The molecule has 0 heterocycles. The fourth-order valence-electron chi connectivity index (χ4n) is 1.14. The number of hydrogen-bond acceptors (Lipinski definition) is 2. The van der Waals surface area contributed by atoms with Gasteiger partial charge in [-0.1, -0.05) is 40.2 Å². The molecule has 3 heteroatoms. The van der Waals surface area contributed by atoms with Crippen LogP contribution in [0, 0.1) is 0 Å². The molecule has 0 radical (unpaired) electrons. The Labute approximate surface area is 98.1 Å². The molecule has 1 aromatic carbocycles. The van der Waals surface area contributed by atoms with Crippen LogP contribution in [-0.2, 0) is 16.0 Å². The lowest BCUT2D eigenvalue weighted by molar-refractivity contribution is -0.137. The molecule has 0 saturated heterocycles. The average molecular weight is 269 g/mol. The van der Waals surface area contributed by atoms with Crippen molar-refractivity contribution in [1.82, 2.24) is 0 Å². The van der Waals surface area contributed by atoms with E-state index in [9.17, 15) is 4.79 Å². The Morgan fingerprint density at radius 1 is 1.47 bits per heavy atom. The molecule has 1 aromatic rings. The molecule has 0 amide bonds. The Balaban J connectivity index is 2.50. The summed E-state index contributed by atoms with van der Waals surface area (Å²) in [4.78, 5) is 11.0. The first-order valence-corrected chi connectivity index (χ1v) is 5.60. The van der Waals surface area contributed by atoms with Gasteiger partial charge in [0, 0.05) is 10.5 Å². The third kappa shape index (κ3) is 4.30. The second-order valence-corrected chi connectivity index (χ2v) is 3.80. The molecule has 2 nitrogen and oxygen atoms in total. The molecule has 0 aliphatic carbocycles. The van der Waals surface area contributed by atoms with Crippen LogP contribution in [0.1, 0.15) is 12.5 Å². The quantitative estimate of drug-likeness (QED) is 0.620. The van der Waals surface area contributed by atoms with Gasteiger partial charge in [-0.15, -0.1) is 0 Å². The summed E-state index contributed by atoms with van der Waals surface area (Å²) in [6, 6.07) is 7.92. The highest BCUT2D eigenvalue weighted by atomic mass is 79.9. The van der Waals surface area contributed by atoms with E-state index in [-0.39, 0.29) is 5.97 Å². The summed E-state index contributed by atoms with van der Waals surface area (Å²) in [5.41, 5.74) is 1.15. The van der Waals surface area contributed by atoms with Crippen LogP contribution in [-0.4, -0.2) is 12.6 Å². The summed E-state index contributed by atoms with van der Waals surface area (Å²) < 4.78 is 5.83. The van der Waals surface area contributed by atoms with Gasteiger partial charge in [0.05, 0.1) is 6.61 Å². The molecule has 1 rings (SSSR count). The Morgan fingerprint density at radius 3 is 2.87 bits per heavy atom. The lowest BCUT2D eigenvalue weighted by atomic mass is 10.1. The highest BCUT2D eigenvalue weighted by Gasteiger charge is 1.96. The van der Waals surface area contributed by atoms with Crippen molar-refractivity contribution in [3.8, 4) is 0 Å². The van der Waals surface area contributed by atoms with Gasteiger partial charge >= 0.3 is 5.97 Å². The van der Waals surface area contributed by atoms with Crippen LogP contribution in [0.5, 0.6) is 0 Å². The maximum Gasteiger partial charge on any atom is 0.330 e. The Hall–Kier alpha value is -1.09. The highest BCUT2D eigenvalue weighted by molar-refractivity contribution is 9.10. The van der Waals surface area contributed by atoms with Gasteiger partial charge in [-0.2, -0.15) is 0 Å². The first-order valence-electron chi connectivity index (χ1n) is 4.80. The van der Waals surface area contributed by atoms with Crippen LogP contribution in [0.3, 0.4) is 0 Å². The number of carbonyl (C=O) groups is 1. The number of ether oxygens (including phenoxy) is 1. The predicted molar refractivity (Wildman–Crippen MR) is 63.6 cm³/mol. The Kier molecular flexibility index (Phi) is 5.12. The molecule has 0 fully saturated rings. The zero-order valence-corrected chi connectivity index (χ0v) is 10.2. The van der Waals surface area contributed by atoms with Crippen molar-refractivity contribution in [2.24, 2.45) is 0 Å². The molecule has 0 spiro atoms. The number of allylic oxidation sites excluding steroid dienone is 1. The van der Waals surface area contributed by atoms with E-state index < -0.39 is 0 Å². The number of rotatable bonds is 4. The van der Waals surface area contributed by atoms with Gasteiger partial charge in [0.25, 0.3) is 0 Å². The van der Waals surface area contributed by atoms with E-state index in [2.05, 4.69) is 15.9 Å². The standard InChI is InChI=1S/C12H13BrO2/c1-2-15-12(14)9-5-7-10-6-3-4-8-11(10)13/h3-6,8-9H,2,7H2,1H3/b9-5+. The molecule has 15 heavy (non-hydrogen) atoms. The van der Waals surface area contributed by atoms with Crippen LogP contribution in [0.4, 0.5) is 0 Å². The van der Waals surface area contributed by atoms with Crippen LogP contribution in [0.2, 0.25) is 0 Å². The Bertz CT molecular complexity index is 358.